The van der Waals surface area contributed by atoms with Crippen molar-refractivity contribution in [1.82, 2.24) is 10.2 Å². The lowest BCUT2D eigenvalue weighted by atomic mass is 10.1. The van der Waals surface area contributed by atoms with Crippen LogP contribution in [0.25, 0.3) is 0 Å². The highest BCUT2D eigenvalue weighted by molar-refractivity contribution is 8.01. The molecule has 0 atom stereocenters. The predicted molar refractivity (Wildman–Crippen MR) is 98.9 cm³/mol. The Kier molecular flexibility index (Phi) is 6.44. The van der Waals surface area contributed by atoms with E-state index in [-0.39, 0.29) is 11.7 Å². The number of aromatic nitrogens is 2. The standard InChI is InChI=1S/C15H17ClN4OS2/c1-4-5-17-14-19-20-15(23-14)22-8-12(21)18-13-10(3)6-9(2)7-11(13)16/h4,6-7H,1,5,8H2,2-3H3,(H,17,19)(H,18,21). The maximum Gasteiger partial charge on any atom is 0.234 e. The van der Waals surface area contributed by atoms with E-state index in [1.54, 1.807) is 6.08 Å². The molecule has 122 valence electrons. The third-order valence-electron chi connectivity index (χ3n) is 2.83. The maximum absolute atomic E-state index is 12.1. The van der Waals surface area contributed by atoms with E-state index in [0.717, 1.165) is 15.5 Å². The fourth-order valence-electron chi connectivity index (χ4n) is 1.88. The quantitative estimate of drug-likeness (QED) is 0.568. The molecule has 5 nitrogen and oxygen atoms in total. The molecule has 8 heteroatoms. The lowest BCUT2D eigenvalue weighted by molar-refractivity contribution is -0.113. The number of thioether (sulfide) groups is 1. The van der Waals surface area contributed by atoms with E-state index in [9.17, 15) is 4.79 Å². The molecule has 0 saturated carbocycles. The summed E-state index contributed by atoms with van der Waals surface area (Å²) in [4.78, 5) is 12.1. The number of nitrogens with zero attached hydrogens (tertiary/aromatic N) is 2. The molecule has 1 aromatic heterocycles. The average molecular weight is 369 g/mol. The van der Waals surface area contributed by atoms with Crippen molar-refractivity contribution in [1.29, 1.82) is 0 Å². The van der Waals surface area contributed by atoms with Gasteiger partial charge in [0.1, 0.15) is 0 Å². The molecule has 0 spiro atoms. The molecule has 0 radical (unpaired) electrons. The number of carbonyl (C=O) groups is 1. The summed E-state index contributed by atoms with van der Waals surface area (Å²) < 4.78 is 0.735. The van der Waals surface area contributed by atoms with E-state index in [0.29, 0.717) is 22.4 Å². The number of amides is 1. The summed E-state index contributed by atoms with van der Waals surface area (Å²) in [5.41, 5.74) is 2.67. The molecule has 0 aliphatic rings. The highest BCUT2D eigenvalue weighted by atomic mass is 35.5. The summed E-state index contributed by atoms with van der Waals surface area (Å²) in [6, 6.07) is 3.82. The zero-order chi connectivity index (χ0) is 16.8. The Bertz CT molecular complexity index is 694. The van der Waals surface area contributed by atoms with Gasteiger partial charge in [-0.05, 0) is 31.0 Å². The first-order valence-electron chi connectivity index (χ1n) is 6.87. The van der Waals surface area contributed by atoms with Crippen LogP contribution in [0.15, 0.2) is 29.1 Å². The van der Waals surface area contributed by atoms with Crippen LogP contribution in [0.1, 0.15) is 11.1 Å². The summed E-state index contributed by atoms with van der Waals surface area (Å²) in [7, 11) is 0. The molecular weight excluding hydrogens is 352 g/mol. The predicted octanol–water partition coefficient (Wildman–Crippen LogP) is 4.14. The molecule has 23 heavy (non-hydrogen) atoms. The summed E-state index contributed by atoms with van der Waals surface area (Å²) in [5.74, 6) is 0.124. The summed E-state index contributed by atoms with van der Waals surface area (Å²) in [6.45, 7) is 8.14. The van der Waals surface area contributed by atoms with Crippen LogP contribution < -0.4 is 10.6 Å². The minimum absolute atomic E-state index is 0.125. The van der Waals surface area contributed by atoms with E-state index in [2.05, 4.69) is 27.4 Å². The van der Waals surface area contributed by atoms with Gasteiger partial charge in [0.2, 0.25) is 11.0 Å². The Balaban J connectivity index is 1.90. The lowest BCUT2D eigenvalue weighted by Crippen LogP contribution is -2.15. The van der Waals surface area contributed by atoms with Gasteiger partial charge in [-0.1, -0.05) is 46.8 Å². The van der Waals surface area contributed by atoms with Crippen molar-refractivity contribution in [3.8, 4) is 0 Å². The van der Waals surface area contributed by atoms with Gasteiger partial charge in [0.15, 0.2) is 4.34 Å². The number of anilines is 2. The van der Waals surface area contributed by atoms with E-state index < -0.39 is 0 Å². The van der Waals surface area contributed by atoms with Gasteiger partial charge in [-0.15, -0.1) is 16.8 Å². The van der Waals surface area contributed by atoms with Crippen LogP contribution in [-0.4, -0.2) is 28.4 Å². The largest absolute Gasteiger partial charge is 0.357 e. The van der Waals surface area contributed by atoms with Crippen LogP contribution in [0.4, 0.5) is 10.8 Å². The molecule has 2 rings (SSSR count). The molecule has 1 aromatic carbocycles. The molecule has 0 saturated heterocycles. The Labute approximate surface area is 148 Å². The third-order valence-corrected chi connectivity index (χ3v) is 5.14. The number of carbonyl (C=O) groups excluding carboxylic acids is 1. The van der Waals surface area contributed by atoms with Crippen molar-refractivity contribution in [2.45, 2.75) is 18.2 Å². The zero-order valence-electron chi connectivity index (χ0n) is 12.9. The van der Waals surface area contributed by atoms with Crippen molar-refractivity contribution in [2.75, 3.05) is 22.9 Å². The number of hydrogen-bond donors (Lipinski definition) is 2. The highest BCUT2D eigenvalue weighted by Crippen LogP contribution is 2.29. The average Bonchev–Trinajstić information content (AvgIpc) is 2.94. The topological polar surface area (TPSA) is 66.9 Å². The summed E-state index contributed by atoms with van der Waals surface area (Å²) in [6.07, 6.45) is 1.75. The molecule has 0 aliphatic heterocycles. The summed E-state index contributed by atoms with van der Waals surface area (Å²) in [5, 5.41) is 15.2. The Morgan fingerprint density at radius 1 is 1.43 bits per heavy atom. The fourth-order valence-corrected chi connectivity index (χ4v) is 3.80. The van der Waals surface area contributed by atoms with E-state index in [4.69, 9.17) is 11.6 Å². The lowest BCUT2D eigenvalue weighted by Gasteiger charge is -2.11. The summed E-state index contributed by atoms with van der Waals surface area (Å²) >= 11 is 8.94. The Hall–Kier alpha value is -1.57. The number of benzene rings is 1. The van der Waals surface area contributed by atoms with Gasteiger partial charge < -0.3 is 10.6 Å². The smallest absolute Gasteiger partial charge is 0.234 e. The minimum Gasteiger partial charge on any atom is -0.357 e. The van der Waals surface area contributed by atoms with Crippen LogP contribution in [0.3, 0.4) is 0 Å². The molecule has 2 aromatic rings. The second-order valence-corrected chi connectivity index (χ2v) is 7.43. The third kappa shape index (κ3) is 5.23. The first-order valence-corrected chi connectivity index (χ1v) is 9.05. The van der Waals surface area contributed by atoms with Crippen LogP contribution >= 0.6 is 34.7 Å². The van der Waals surface area contributed by atoms with Crippen molar-refractivity contribution < 1.29 is 4.79 Å². The fraction of sp³-hybridized carbons (Fsp3) is 0.267. The number of hydrogen-bond acceptors (Lipinski definition) is 6. The van der Waals surface area contributed by atoms with Crippen molar-refractivity contribution in [2.24, 2.45) is 0 Å². The number of aryl methyl sites for hydroxylation is 2. The SMILES string of the molecule is C=CCNc1nnc(SCC(=O)Nc2c(C)cc(C)cc2Cl)s1. The molecule has 0 fully saturated rings. The van der Waals surface area contributed by atoms with E-state index in [1.807, 2.05) is 26.0 Å². The molecule has 1 heterocycles. The Morgan fingerprint density at radius 3 is 2.91 bits per heavy atom. The first kappa shape index (κ1) is 17.8. The van der Waals surface area contributed by atoms with Gasteiger partial charge in [0.25, 0.3) is 0 Å². The molecule has 2 N–H and O–H groups in total. The number of rotatable bonds is 7. The van der Waals surface area contributed by atoms with Gasteiger partial charge in [-0.25, -0.2) is 0 Å². The van der Waals surface area contributed by atoms with Gasteiger partial charge >= 0.3 is 0 Å². The van der Waals surface area contributed by atoms with Gasteiger partial charge in [-0.3, -0.25) is 4.79 Å². The number of halogens is 1. The van der Waals surface area contributed by atoms with Gasteiger partial charge in [-0.2, -0.15) is 0 Å². The van der Waals surface area contributed by atoms with Crippen molar-refractivity contribution in [3.05, 3.63) is 40.9 Å². The molecule has 0 aliphatic carbocycles. The maximum atomic E-state index is 12.1. The minimum atomic E-state index is -0.125. The van der Waals surface area contributed by atoms with Crippen LogP contribution in [0.2, 0.25) is 5.02 Å². The van der Waals surface area contributed by atoms with E-state index >= 15 is 0 Å². The van der Waals surface area contributed by atoms with E-state index in [1.165, 1.54) is 23.1 Å². The van der Waals surface area contributed by atoms with Crippen molar-refractivity contribution in [3.63, 3.8) is 0 Å². The molecule has 0 unspecified atom stereocenters. The van der Waals surface area contributed by atoms with Crippen molar-refractivity contribution >= 4 is 51.4 Å². The second kappa shape index (κ2) is 8.33. The highest BCUT2D eigenvalue weighted by Gasteiger charge is 2.11. The molecule has 0 bridgehead atoms. The molecular formula is C15H17ClN4OS2. The Morgan fingerprint density at radius 2 is 2.22 bits per heavy atom. The van der Waals surface area contributed by atoms with Gasteiger partial charge in [0.05, 0.1) is 16.5 Å². The van der Waals surface area contributed by atoms with Gasteiger partial charge in [0, 0.05) is 6.54 Å². The van der Waals surface area contributed by atoms with Crippen LogP contribution in [0.5, 0.6) is 0 Å². The first-order chi connectivity index (χ1) is 11.0. The normalized spacial score (nSPS) is 10.4. The van der Waals surface area contributed by atoms with Crippen LogP contribution in [0, 0.1) is 13.8 Å². The van der Waals surface area contributed by atoms with Crippen LogP contribution in [-0.2, 0) is 4.79 Å². The molecule has 1 amide bonds. The number of nitrogens with one attached hydrogen (secondary N) is 2. The second-order valence-electron chi connectivity index (χ2n) is 4.82. The monoisotopic (exact) mass is 368 g/mol. The zero-order valence-corrected chi connectivity index (χ0v) is 15.2.